The molecular weight excluding hydrogens is 484 g/mol. The van der Waals surface area contributed by atoms with E-state index in [1.165, 1.54) is 0 Å². The van der Waals surface area contributed by atoms with Crippen molar-refractivity contribution in [3.8, 4) is 21.8 Å². The number of primary sulfonamides is 1. The fourth-order valence-electron chi connectivity index (χ4n) is 4.38. The van der Waals surface area contributed by atoms with Crippen molar-refractivity contribution in [3.63, 3.8) is 0 Å². The van der Waals surface area contributed by atoms with Gasteiger partial charge in [-0.15, -0.1) is 11.3 Å². The largest absolute Gasteiger partial charge is 0.378 e. The van der Waals surface area contributed by atoms with Crippen LogP contribution >= 0.6 is 11.3 Å². The average molecular weight is 507 g/mol. The van der Waals surface area contributed by atoms with Crippen LogP contribution in [-0.2, 0) is 20.5 Å². The molecule has 1 aliphatic rings. The number of hydrogen-bond acceptors (Lipinski definition) is 8. The van der Waals surface area contributed by atoms with Crippen LogP contribution in [-0.4, -0.2) is 54.9 Å². The first-order valence-corrected chi connectivity index (χ1v) is 13.6. The van der Waals surface area contributed by atoms with E-state index < -0.39 is 10.0 Å². The van der Waals surface area contributed by atoms with Crippen molar-refractivity contribution < 1.29 is 13.2 Å². The van der Waals surface area contributed by atoms with Crippen molar-refractivity contribution in [2.45, 2.75) is 5.75 Å². The molecule has 6 rings (SSSR count). The molecule has 0 radical (unpaired) electrons. The number of anilines is 1. The number of nitrogens with two attached hydrogens (primary N) is 1. The number of morpholine rings is 1. The zero-order valence-corrected chi connectivity index (χ0v) is 20.3. The van der Waals surface area contributed by atoms with Gasteiger partial charge in [0.1, 0.15) is 0 Å². The van der Waals surface area contributed by atoms with Gasteiger partial charge in [-0.3, -0.25) is 5.10 Å². The van der Waals surface area contributed by atoms with Crippen LogP contribution < -0.4 is 10.0 Å². The van der Waals surface area contributed by atoms with E-state index in [0.29, 0.717) is 24.6 Å². The number of benzene rings is 2. The Balaban J connectivity index is 1.51. The highest BCUT2D eigenvalue weighted by Crippen LogP contribution is 2.39. The van der Waals surface area contributed by atoms with Gasteiger partial charge in [0.25, 0.3) is 0 Å². The van der Waals surface area contributed by atoms with Gasteiger partial charge in [0, 0.05) is 28.9 Å². The van der Waals surface area contributed by atoms with Crippen molar-refractivity contribution in [2.24, 2.45) is 5.14 Å². The Bertz CT molecular complexity index is 1650. The molecule has 1 aliphatic heterocycles. The summed E-state index contributed by atoms with van der Waals surface area (Å²) in [6.07, 6.45) is 1.79. The Morgan fingerprint density at radius 2 is 1.91 bits per heavy atom. The lowest BCUT2D eigenvalue weighted by Gasteiger charge is -2.28. The topological polar surface area (TPSA) is 127 Å². The summed E-state index contributed by atoms with van der Waals surface area (Å²) < 4.78 is 29.7. The third-order valence-electron chi connectivity index (χ3n) is 5.97. The minimum Gasteiger partial charge on any atom is -0.378 e. The molecule has 0 amide bonds. The Kier molecular flexibility index (Phi) is 5.49. The summed E-state index contributed by atoms with van der Waals surface area (Å²) in [6, 6.07) is 15.4. The summed E-state index contributed by atoms with van der Waals surface area (Å²) in [5.41, 5.74) is 4.25. The van der Waals surface area contributed by atoms with Gasteiger partial charge in [0.15, 0.2) is 11.6 Å². The zero-order valence-electron chi connectivity index (χ0n) is 18.6. The summed E-state index contributed by atoms with van der Waals surface area (Å²) in [6.45, 7) is 2.79. The number of thiophene rings is 1. The zero-order chi connectivity index (χ0) is 24.0. The van der Waals surface area contributed by atoms with Crippen LogP contribution in [0.1, 0.15) is 5.56 Å². The summed E-state index contributed by atoms with van der Waals surface area (Å²) in [5.74, 6) is 1.31. The van der Waals surface area contributed by atoms with E-state index in [2.05, 4.69) is 15.1 Å². The van der Waals surface area contributed by atoms with E-state index in [4.69, 9.17) is 19.8 Å². The number of nitrogens with zero attached hydrogens (tertiary/aromatic N) is 4. The molecule has 5 aromatic rings. The van der Waals surface area contributed by atoms with E-state index in [1.807, 2.05) is 42.5 Å². The number of fused-ring (bicyclic) bond motifs is 2. The van der Waals surface area contributed by atoms with Gasteiger partial charge < -0.3 is 9.64 Å². The number of ether oxygens (including phenoxy) is 1. The average Bonchev–Trinajstić information content (AvgIpc) is 3.50. The number of H-pyrrole nitrogens is 1. The Morgan fingerprint density at radius 3 is 2.74 bits per heavy atom. The smallest absolute Gasteiger partial charge is 0.213 e. The maximum Gasteiger partial charge on any atom is 0.213 e. The molecule has 3 aromatic heterocycles. The van der Waals surface area contributed by atoms with E-state index in [-0.39, 0.29) is 5.75 Å². The second-order valence-corrected chi connectivity index (χ2v) is 11.1. The molecule has 0 bridgehead atoms. The summed E-state index contributed by atoms with van der Waals surface area (Å²) in [7, 11) is -3.62. The molecule has 178 valence electrons. The van der Waals surface area contributed by atoms with E-state index >= 15 is 0 Å². The van der Waals surface area contributed by atoms with Gasteiger partial charge in [-0.25, -0.2) is 23.5 Å². The van der Waals surface area contributed by atoms with Crippen LogP contribution in [0.3, 0.4) is 0 Å². The predicted octanol–water partition coefficient (Wildman–Crippen LogP) is 3.53. The monoisotopic (exact) mass is 506 g/mol. The van der Waals surface area contributed by atoms with Crippen molar-refractivity contribution in [1.29, 1.82) is 0 Å². The first-order valence-electron chi connectivity index (χ1n) is 11.1. The highest BCUT2D eigenvalue weighted by Gasteiger charge is 2.21. The second kappa shape index (κ2) is 8.68. The molecule has 9 nitrogen and oxygen atoms in total. The fourth-order valence-corrected chi connectivity index (χ4v) is 6.13. The molecule has 11 heteroatoms. The predicted molar refractivity (Wildman–Crippen MR) is 138 cm³/mol. The van der Waals surface area contributed by atoms with Gasteiger partial charge in [0.05, 0.1) is 40.9 Å². The van der Waals surface area contributed by atoms with Gasteiger partial charge in [-0.05, 0) is 29.3 Å². The number of aromatic nitrogens is 4. The summed E-state index contributed by atoms with van der Waals surface area (Å²) >= 11 is 1.60. The molecule has 1 saturated heterocycles. The maximum absolute atomic E-state index is 11.6. The number of nitrogens with one attached hydrogen (secondary N) is 1. The molecule has 0 aliphatic carbocycles. The molecule has 0 unspecified atom stereocenters. The number of sulfonamides is 1. The second-order valence-electron chi connectivity index (χ2n) is 8.44. The van der Waals surface area contributed by atoms with E-state index in [1.54, 1.807) is 23.6 Å². The highest BCUT2D eigenvalue weighted by atomic mass is 32.2. The van der Waals surface area contributed by atoms with Crippen LogP contribution in [0.15, 0.2) is 54.7 Å². The van der Waals surface area contributed by atoms with Crippen molar-refractivity contribution >= 4 is 48.3 Å². The first-order chi connectivity index (χ1) is 16.9. The third kappa shape index (κ3) is 4.39. The van der Waals surface area contributed by atoms with Crippen molar-refractivity contribution in [2.75, 3.05) is 31.2 Å². The standard InChI is InChI=1S/C24H22N6O3S2/c25-35(31,32)14-15-3-1-4-16(11-15)21-12-20-22(34-21)24(30-7-9-33-10-8-30)28-23(27-20)17-5-2-6-19-18(17)13-26-29-19/h1-6,11-13H,7-10,14H2,(H,26,29)(H2,25,31,32). The van der Waals surface area contributed by atoms with Crippen LogP contribution in [0, 0.1) is 0 Å². The van der Waals surface area contributed by atoms with Gasteiger partial charge >= 0.3 is 0 Å². The molecule has 2 aromatic carbocycles. The molecule has 0 atom stereocenters. The summed E-state index contributed by atoms with van der Waals surface area (Å²) in [5, 5.41) is 13.4. The minimum atomic E-state index is -3.62. The van der Waals surface area contributed by atoms with Crippen LogP contribution in [0.4, 0.5) is 5.82 Å². The van der Waals surface area contributed by atoms with Crippen molar-refractivity contribution in [1.82, 2.24) is 20.2 Å². The fraction of sp³-hybridized carbons (Fsp3) is 0.208. The molecular formula is C24H22N6O3S2. The lowest BCUT2D eigenvalue weighted by Crippen LogP contribution is -2.36. The molecule has 4 heterocycles. The van der Waals surface area contributed by atoms with Gasteiger partial charge in [-0.1, -0.05) is 30.3 Å². The first kappa shape index (κ1) is 22.1. The molecule has 0 spiro atoms. The van der Waals surface area contributed by atoms with Crippen LogP contribution in [0.2, 0.25) is 0 Å². The molecule has 1 fully saturated rings. The number of rotatable bonds is 5. The van der Waals surface area contributed by atoms with Crippen molar-refractivity contribution in [3.05, 3.63) is 60.3 Å². The Labute approximate surface area is 205 Å². The van der Waals surface area contributed by atoms with Crippen LogP contribution in [0.25, 0.3) is 42.9 Å². The SMILES string of the molecule is NS(=O)(=O)Cc1cccc(-c2cc3nc(-c4cccc5[nH]ncc45)nc(N4CCOCC4)c3s2)c1. The molecule has 35 heavy (non-hydrogen) atoms. The minimum absolute atomic E-state index is 0.205. The molecule has 3 N–H and O–H groups in total. The number of aromatic amines is 1. The highest BCUT2D eigenvalue weighted by molar-refractivity contribution is 7.88. The van der Waals surface area contributed by atoms with E-state index in [9.17, 15) is 8.42 Å². The maximum atomic E-state index is 11.6. The van der Waals surface area contributed by atoms with E-state index in [0.717, 1.165) is 56.0 Å². The van der Waals surface area contributed by atoms with Gasteiger partial charge in [0.2, 0.25) is 10.0 Å². The Hall–Kier alpha value is -3.38. The summed E-state index contributed by atoms with van der Waals surface area (Å²) in [4.78, 5) is 13.2. The van der Waals surface area contributed by atoms with Gasteiger partial charge in [-0.2, -0.15) is 5.10 Å². The third-order valence-corrected chi connectivity index (χ3v) is 7.87. The lowest BCUT2D eigenvalue weighted by atomic mass is 10.1. The Morgan fingerprint density at radius 1 is 1.09 bits per heavy atom. The molecule has 0 saturated carbocycles. The number of hydrogen-bond donors (Lipinski definition) is 2. The lowest BCUT2D eigenvalue weighted by molar-refractivity contribution is 0.122. The normalized spacial score (nSPS) is 14.7. The van der Waals surface area contributed by atoms with Crippen LogP contribution in [0.5, 0.6) is 0 Å². The quantitative estimate of drug-likeness (QED) is 0.373.